The number of methoxy groups -OCH3 is 1. The minimum absolute atomic E-state index is 0.00815. The van der Waals surface area contributed by atoms with E-state index in [0.29, 0.717) is 18.6 Å². The van der Waals surface area contributed by atoms with E-state index in [4.69, 9.17) is 9.47 Å². The number of carbonyl (C=O) groups is 2. The molecule has 20 heavy (non-hydrogen) atoms. The molecule has 3 unspecified atom stereocenters. The molecule has 4 aliphatic rings. The fraction of sp³-hybridized carbons (Fsp3) is 0.467. The van der Waals surface area contributed by atoms with E-state index in [1.807, 2.05) is 25.2 Å². The average molecular weight is 276 g/mol. The molecule has 0 saturated carbocycles. The largest absolute Gasteiger partial charge is 0.465 e. The summed E-state index contributed by atoms with van der Waals surface area (Å²) < 4.78 is 15.9. The number of hydrogen-bond donors (Lipinski definition) is 0. The predicted molar refractivity (Wildman–Crippen MR) is 69.7 cm³/mol. The summed E-state index contributed by atoms with van der Waals surface area (Å²) in [5.74, 6) is -1.15. The molecule has 0 saturated heterocycles. The lowest BCUT2D eigenvalue weighted by atomic mass is 9.81. The van der Waals surface area contributed by atoms with Gasteiger partial charge in [-0.25, -0.2) is 9.59 Å². The Bertz CT molecular complexity index is 557. The fourth-order valence-corrected chi connectivity index (χ4v) is 3.06. The Morgan fingerprint density at radius 3 is 3.00 bits per heavy atom. The first-order chi connectivity index (χ1) is 9.61. The fourth-order valence-electron chi connectivity index (χ4n) is 3.06. The molecule has 1 heterocycles. The third-order valence-electron chi connectivity index (χ3n) is 3.98. The molecule has 0 radical (unpaired) electrons. The van der Waals surface area contributed by atoms with Crippen LogP contribution in [0.25, 0.3) is 0 Å². The summed E-state index contributed by atoms with van der Waals surface area (Å²) in [6.07, 6.45) is 8.05. The van der Waals surface area contributed by atoms with Crippen LogP contribution in [0, 0.1) is 5.92 Å². The Morgan fingerprint density at radius 2 is 2.30 bits per heavy atom. The van der Waals surface area contributed by atoms with Gasteiger partial charge in [0.05, 0.1) is 13.2 Å². The maximum absolute atomic E-state index is 12.0. The molecule has 0 aromatic heterocycles. The highest BCUT2D eigenvalue weighted by Gasteiger charge is 2.52. The molecular weight excluding hydrogens is 260 g/mol. The van der Waals surface area contributed by atoms with Gasteiger partial charge in [0, 0.05) is 24.5 Å². The zero-order valence-electron chi connectivity index (χ0n) is 11.4. The quantitative estimate of drug-likeness (QED) is 0.442. The van der Waals surface area contributed by atoms with E-state index in [0.717, 1.165) is 0 Å². The Kier molecular flexibility index (Phi) is 3.01. The van der Waals surface area contributed by atoms with E-state index in [1.54, 1.807) is 6.08 Å². The van der Waals surface area contributed by atoms with Gasteiger partial charge in [-0.2, -0.15) is 0 Å². The van der Waals surface area contributed by atoms with Crippen molar-refractivity contribution in [3.8, 4) is 0 Å². The molecule has 0 fully saturated rings. The summed E-state index contributed by atoms with van der Waals surface area (Å²) in [4.78, 5) is 23.8. The second kappa shape index (κ2) is 4.59. The van der Waals surface area contributed by atoms with Crippen LogP contribution in [0.1, 0.15) is 13.3 Å². The number of rotatable bonds is 3. The van der Waals surface area contributed by atoms with Gasteiger partial charge in [-0.1, -0.05) is 18.2 Å². The average Bonchev–Trinajstić information content (AvgIpc) is 2.56. The van der Waals surface area contributed by atoms with Crippen molar-refractivity contribution < 1.29 is 23.8 Å². The Hall–Kier alpha value is -1.88. The van der Waals surface area contributed by atoms with Crippen LogP contribution in [-0.2, 0) is 23.8 Å². The van der Waals surface area contributed by atoms with Crippen LogP contribution < -0.4 is 0 Å². The van der Waals surface area contributed by atoms with Gasteiger partial charge in [-0.15, -0.1) is 0 Å². The molecule has 5 heteroatoms. The van der Waals surface area contributed by atoms with E-state index >= 15 is 0 Å². The van der Waals surface area contributed by atoms with Crippen molar-refractivity contribution in [2.75, 3.05) is 13.7 Å². The minimum Gasteiger partial charge on any atom is -0.465 e. The lowest BCUT2D eigenvalue weighted by molar-refractivity contribution is -0.149. The summed E-state index contributed by atoms with van der Waals surface area (Å²) in [6, 6.07) is 0. The summed E-state index contributed by atoms with van der Waals surface area (Å²) in [7, 11) is 1.25. The standard InChI is InChI=1S/C15H16O5/c1-3-19-11-8-15-7-6-9(11)4-5-10(15)12(13(16)18-2)14(17)20-15/h4-7,9,11H,3,8H2,1-2H3. The van der Waals surface area contributed by atoms with Crippen molar-refractivity contribution >= 4 is 11.9 Å². The predicted octanol–water partition coefficient (Wildman–Crippen LogP) is 1.30. The van der Waals surface area contributed by atoms with Gasteiger partial charge in [0.25, 0.3) is 0 Å². The van der Waals surface area contributed by atoms with Gasteiger partial charge in [0.1, 0.15) is 0 Å². The number of carbonyl (C=O) groups excluding carboxylic acids is 2. The van der Waals surface area contributed by atoms with Crippen molar-refractivity contribution in [3.05, 3.63) is 35.5 Å². The van der Waals surface area contributed by atoms with Crippen LogP contribution in [0.2, 0.25) is 0 Å². The Balaban J connectivity index is 2.08. The molecule has 106 valence electrons. The summed E-state index contributed by atoms with van der Waals surface area (Å²) >= 11 is 0. The molecule has 0 amide bonds. The van der Waals surface area contributed by atoms with Crippen molar-refractivity contribution in [1.82, 2.24) is 0 Å². The monoisotopic (exact) mass is 276 g/mol. The van der Waals surface area contributed by atoms with E-state index in [9.17, 15) is 9.59 Å². The molecule has 3 atom stereocenters. The highest BCUT2D eigenvalue weighted by Crippen LogP contribution is 2.46. The van der Waals surface area contributed by atoms with E-state index < -0.39 is 17.5 Å². The first kappa shape index (κ1) is 13.1. The SMILES string of the molecule is CCOC1CC23C=CC1C=CC2=C(C(=O)OC)C(=O)O3. The highest BCUT2D eigenvalue weighted by atomic mass is 16.6. The van der Waals surface area contributed by atoms with E-state index in [-0.39, 0.29) is 17.6 Å². The van der Waals surface area contributed by atoms with Gasteiger partial charge in [0.15, 0.2) is 11.2 Å². The summed E-state index contributed by atoms with van der Waals surface area (Å²) in [5.41, 5.74) is -0.314. The zero-order valence-corrected chi connectivity index (χ0v) is 11.4. The zero-order chi connectivity index (χ0) is 14.3. The molecule has 3 aliphatic carbocycles. The van der Waals surface area contributed by atoms with Gasteiger partial charge >= 0.3 is 11.9 Å². The van der Waals surface area contributed by atoms with Crippen LogP contribution in [0.4, 0.5) is 0 Å². The third-order valence-corrected chi connectivity index (χ3v) is 3.98. The summed E-state index contributed by atoms with van der Waals surface area (Å²) in [6.45, 7) is 2.52. The molecule has 0 aromatic rings. The molecule has 1 aliphatic heterocycles. The molecule has 4 rings (SSSR count). The normalized spacial score (nSPS) is 34.0. The van der Waals surface area contributed by atoms with E-state index in [1.165, 1.54) is 7.11 Å². The van der Waals surface area contributed by atoms with Gasteiger partial charge in [0.2, 0.25) is 0 Å². The lowest BCUT2D eigenvalue weighted by Crippen LogP contribution is -2.39. The summed E-state index contributed by atoms with van der Waals surface area (Å²) in [5, 5.41) is 0. The van der Waals surface area contributed by atoms with Crippen molar-refractivity contribution in [2.24, 2.45) is 5.92 Å². The third kappa shape index (κ3) is 1.73. The highest BCUT2D eigenvalue weighted by molar-refractivity contribution is 6.17. The van der Waals surface area contributed by atoms with Crippen molar-refractivity contribution in [2.45, 2.75) is 25.0 Å². The smallest absolute Gasteiger partial charge is 0.347 e. The van der Waals surface area contributed by atoms with Crippen LogP contribution >= 0.6 is 0 Å². The minimum atomic E-state index is -0.885. The van der Waals surface area contributed by atoms with Crippen LogP contribution in [0.3, 0.4) is 0 Å². The van der Waals surface area contributed by atoms with Crippen molar-refractivity contribution in [3.63, 3.8) is 0 Å². The molecule has 0 N–H and O–H groups in total. The number of hydrogen-bond acceptors (Lipinski definition) is 5. The molecule has 2 bridgehead atoms. The number of esters is 2. The maximum Gasteiger partial charge on any atom is 0.347 e. The molecule has 5 nitrogen and oxygen atoms in total. The molecule has 0 aromatic carbocycles. The second-order valence-electron chi connectivity index (χ2n) is 5.05. The van der Waals surface area contributed by atoms with Crippen LogP contribution in [0.5, 0.6) is 0 Å². The van der Waals surface area contributed by atoms with E-state index in [2.05, 4.69) is 4.74 Å². The lowest BCUT2D eigenvalue weighted by Gasteiger charge is -2.34. The number of ether oxygens (including phenoxy) is 3. The number of fused-ring (bicyclic) bond motifs is 1. The van der Waals surface area contributed by atoms with Crippen molar-refractivity contribution in [1.29, 1.82) is 0 Å². The molecular formula is C15H16O5. The van der Waals surface area contributed by atoms with Crippen LogP contribution in [-0.4, -0.2) is 37.4 Å². The maximum atomic E-state index is 12.0. The Labute approximate surface area is 116 Å². The Morgan fingerprint density at radius 1 is 1.50 bits per heavy atom. The molecule has 1 spiro atoms. The van der Waals surface area contributed by atoms with Gasteiger partial charge < -0.3 is 14.2 Å². The van der Waals surface area contributed by atoms with Gasteiger partial charge in [-0.3, -0.25) is 0 Å². The second-order valence-corrected chi connectivity index (χ2v) is 5.05. The topological polar surface area (TPSA) is 61.8 Å². The first-order valence-corrected chi connectivity index (χ1v) is 6.67. The first-order valence-electron chi connectivity index (χ1n) is 6.67. The van der Waals surface area contributed by atoms with Gasteiger partial charge in [-0.05, 0) is 13.0 Å². The van der Waals surface area contributed by atoms with Crippen LogP contribution in [0.15, 0.2) is 35.5 Å².